The summed E-state index contributed by atoms with van der Waals surface area (Å²) in [5.41, 5.74) is 0. The van der Waals surface area contributed by atoms with Crippen molar-refractivity contribution in [1.82, 2.24) is 20.1 Å². The fourth-order valence-electron chi connectivity index (χ4n) is 3.07. The Kier molecular flexibility index (Phi) is 2.67. The number of fused-ring (bicyclic) bond motifs is 1. The number of hydrogen-bond donors (Lipinski definition) is 1. The molecule has 3 atom stereocenters. The topological polar surface area (TPSA) is 42.7 Å². The summed E-state index contributed by atoms with van der Waals surface area (Å²) in [6.45, 7) is 3.37. The molecular weight excluding hydrogens is 200 g/mol. The summed E-state index contributed by atoms with van der Waals surface area (Å²) in [5, 5.41) is 8.08. The van der Waals surface area contributed by atoms with Crippen molar-refractivity contribution in [2.45, 2.75) is 57.7 Å². The Morgan fingerprint density at radius 2 is 2.31 bits per heavy atom. The number of hydrogen-bond acceptors (Lipinski definition) is 3. The minimum absolute atomic E-state index is 0.597. The fraction of sp³-hybridized carbons (Fsp3) is 0.833. The van der Waals surface area contributed by atoms with Crippen LogP contribution in [0.15, 0.2) is 6.33 Å². The van der Waals surface area contributed by atoms with E-state index in [9.17, 15) is 0 Å². The van der Waals surface area contributed by atoms with Gasteiger partial charge in [0.25, 0.3) is 0 Å². The summed E-state index contributed by atoms with van der Waals surface area (Å²) >= 11 is 0. The number of aromatic nitrogens is 3. The summed E-state index contributed by atoms with van der Waals surface area (Å²) in [7, 11) is 0. The van der Waals surface area contributed by atoms with Gasteiger partial charge in [0.05, 0.1) is 6.54 Å². The van der Waals surface area contributed by atoms with Gasteiger partial charge in [-0.25, -0.2) is 9.67 Å². The highest BCUT2D eigenvalue weighted by Crippen LogP contribution is 2.26. The molecule has 1 aliphatic heterocycles. The predicted molar refractivity (Wildman–Crippen MR) is 62.1 cm³/mol. The zero-order valence-electron chi connectivity index (χ0n) is 9.89. The highest BCUT2D eigenvalue weighted by molar-refractivity contribution is 4.94. The molecule has 1 aromatic heterocycles. The smallest absolute Gasteiger partial charge is 0.138 e. The SMILES string of the molecule is CC1CCCC1NC1CCc2ncnn2C1. The predicted octanol–water partition coefficient (Wildman–Crippen LogP) is 1.37. The van der Waals surface area contributed by atoms with Crippen LogP contribution < -0.4 is 5.32 Å². The Morgan fingerprint density at radius 3 is 3.12 bits per heavy atom. The Labute approximate surface area is 96.4 Å². The van der Waals surface area contributed by atoms with Crippen LogP contribution in [0.4, 0.5) is 0 Å². The van der Waals surface area contributed by atoms with Gasteiger partial charge in [-0.1, -0.05) is 13.3 Å². The van der Waals surface area contributed by atoms with Gasteiger partial charge in [-0.05, 0) is 25.2 Å². The van der Waals surface area contributed by atoms with Crippen molar-refractivity contribution in [3.63, 3.8) is 0 Å². The molecule has 4 heteroatoms. The molecule has 3 rings (SSSR count). The third-order valence-corrected chi connectivity index (χ3v) is 4.12. The second-order valence-electron chi connectivity index (χ2n) is 5.28. The van der Waals surface area contributed by atoms with Gasteiger partial charge >= 0.3 is 0 Å². The molecule has 2 aliphatic rings. The fourth-order valence-corrected chi connectivity index (χ4v) is 3.07. The molecule has 0 bridgehead atoms. The van der Waals surface area contributed by atoms with Crippen molar-refractivity contribution in [3.05, 3.63) is 12.2 Å². The van der Waals surface area contributed by atoms with Crippen molar-refractivity contribution in [2.75, 3.05) is 0 Å². The van der Waals surface area contributed by atoms with Crippen LogP contribution in [0.5, 0.6) is 0 Å². The lowest BCUT2D eigenvalue weighted by atomic mass is 10.0. The molecule has 0 saturated heterocycles. The second kappa shape index (κ2) is 4.17. The number of nitrogens with zero attached hydrogens (tertiary/aromatic N) is 3. The van der Waals surface area contributed by atoms with E-state index in [1.165, 1.54) is 25.7 Å². The first-order valence-electron chi connectivity index (χ1n) is 6.45. The standard InChI is InChI=1S/C12H20N4/c1-9-3-2-4-11(9)15-10-5-6-12-13-8-14-16(12)7-10/h8-11,15H,2-7H2,1H3. The van der Waals surface area contributed by atoms with E-state index in [0.717, 1.165) is 30.7 Å². The Bertz CT molecular complexity index is 360. The van der Waals surface area contributed by atoms with E-state index in [1.807, 2.05) is 0 Å². The van der Waals surface area contributed by atoms with Gasteiger partial charge in [0.15, 0.2) is 0 Å². The quantitative estimate of drug-likeness (QED) is 0.818. The summed E-state index contributed by atoms with van der Waals surface area (Å²) in [6, 6.07) is 1.33. The maximum absolute atomic E-state index is 4.27. The molecule has 3 unspecified atom stereocenters. The lowest BCUT2D eigenvalue weighted by Crippen LogP contribution is -2.44. The van der Waals surface area contributed by atoms with Gasteiger partial charge in [0, 0.05) is 18.5 Å². The molecule has 1 N–H and O–H groups in total. The molecule has 0 spiro atoms. The van der Waals surface area contributed by atoms with Crippen molar-refractivity contribution < 1.29 is 0 Å². The molecule has 1 fully saturated rings. The average Bonchev–Trinajstić information content (AvgIpc) is 2.88. The van der Waals surface area contributed by atoms with E-state index < -0.39 is 0 Å². The van der Waals surface area contributed by atoms with Crippen molar-refractivity contribution in [1.29, 1.82) is 0 Å². The molecule has 1 aliphatic carbocycles. The van der Waals surface area contributed by atoms with Gasteiger partial charge in [0.2, 0.25) is 0 Å². The molecule has 4 nitrogen and oxygen atoms in total. The summed E-state index contributed by atoms with van der Waals surface area (Å²) in [6.07, 6.45) is 8.08. The summed E-state index contributed by atoms with van der Waals surface area (Å²) in [4.78, 5) is 4.26. The zero-order chi connectivity index (χ0) is 11.0. The molecule has 0 radical (unpaired) electrons. The number of rotatable bonds is 2. The van der Waals surface area contributed by atoms with Gasteiger partial charge < -0.3 is 5.32 Å². The average molecular weight is 220 g/mol. The second-order valence-corrected chi connectivity index (χ2v) is 5.28. The normalized spacial score (nSPS) is 33.9. The minimum atomic E-state index is 0.597. The molecule has 2 heterocycles. The van der Waals surface area contributed by atoms with Crippen LogP contribution in [-0.4, -0.2) is 26.8 Å². The van der Waals surface area contributed by atoms with Crippen molar-refractivity contribution >= 4 is 0 Å². The van der Waals surface area contributed by atoms with Crippen LogP contribution in [0.3, 0.4) is 0 Å². The molecule has 1 aromatic rings. The van der Waals surface area contributed by atoms with E-state index in [4.69, 9.17) is 0 Å². The van der Waals surface area contributed by atoms with Crippen LogP contribution in [0.25, 0.3) is 0 Å². The van der Waals surface area contributed by atoms with Gasteiger partial charge in [-0.15, -0.1) is 0 Å². The number of nitrogens with one attached hydrogen (secondary N) is 1. The Balaban J connectivity index is 1.61. The number of aryl methyl sites for hydroxylation is 1. The third kappa shape index (κ3) is 1.86. The maximum Gasteiger partial charge on any atom is 0.138 e. The van der Waals surface area contributed by atoms with E-state index in [0.29, 0.717) is 6.04 Å². The molecular formula is C12H20N4. The molecule has 0 amide bonds. The van der Waals surface area contributed by atoms with Gasteiger partial charge in [-0.3, -0.25) is 0 Å². The maximum atomic E-state index is 4.27. The van der Waals surface area contributed by atoms with E-state index in [-0.39, 0.29) is 0 Å². The zero-order valence-corrected chi connectivity index (χ0v) is 9.89. The van der Waals surface area contributed by atoms with Gasteiger partial charge in [-0.2, -0.15) is 5.10 Å². The van der Waals surface area contributed by atoms with E-state index >= 15 is 0 Å². The highest BCUT2D eigenvalue weighted by Gasteiger charge is 2.27. The van der Waals surface area contributed by atoms with Crippen LogP contribution in [0.1, 0.15) is 38.4 Å². The van der Waals surface area contributed by atoms with Gasteiger partial charge in [0.1, 0.15) is 12.2 Å². The molecule has 16 heavy (non-hydrogen) atoms. The van der Waals surface area contributed by atoms with E-state index in [2.05, 4.69) is 27.0 Å². The van der Waals surface area contributed by atoms with E-state index in [1.54, 1.807) is 6.33 Å². The highest BCUT2D eigenvalue weighted by atomic mass is 15.3. The van der Waals surface area contributed by atoms with Crippen LogP contribution >= 0.6 is 0 Å². The minimum Gasteiger partial charge on any atom is -0.309 e. The first-order chi connectivity index (χ1) is 7.83. The molecule has 0 aromatic carbocycles. The van der Waals surface area contributed by atoms with Crippen LogP contribution in [0, 0.1) is 5.92 Å². The molecule has 1 saturated carbocycles. The van der Waals surface area contributed by atoms with Crippen LogP contribution in [0.2, 0.25) is 0 Å². The first-order valence-corrected chi connectivity index (χ1v) is 6.45. The molecule has 88 valence electrons. The van der Waals surface area contributed by atoms with Crippen molar-refractivity contribution in [2.24, 2.45) is 5.92 Å². The summed E-state index contributed by atoms with van der Waals surface area (Å²) < 4.78 is 2.06. The largest absolute Gasteiger partial charge is 0.309 e. The monoisotopic (exact) mass is 220 g/mol. The Hall–Kier alpha value is -0.900. The first kappa shape index (κ1) is 10.3. The van der Waals surface area contributed by atoms with Crippen LogP contribution in [-0.2, 0) is 13.0 Å². The van der Waals surface area contributed by atoms with Crippen molar-refractivity contribution in [3.8, 4) is 0 Å². The lowest BCUT2D eigenvalue weighted by molar-refractivity contribution is 0.300. The lowest BCUT2D eigenvalue weighted by Gasteiger charge is -2.28. The Morgan fingerprint density at radius 1 is 1.38 bits per heavy atom. The summed E-state index contributed by atoms with van der Waals surface area (Å²) in [5.74, 6) is 2.00. The third-order valence-electron chi connectivity index (χ3n) is 4.12.